The van der Waals surface area contributed by atoms with Crippen LogP contribution in [0, 0.1) is 5.82 Å². The molecule has 1 fully saturated rings. The van der Waals surface area contributed by atoms with E-state index in [0.717, 1.165) is 19.4 Å². The van der Waals surface area contributed by atoms with Gasteiger partial charge in [-0.3, -0.25) is 0 Å². The van der Waals surface area contributed by atoms with Crippen LogP contribution in [0.15, 0.2) is 27.6 Å². The van der Waals surface area contributed by atoms with Crippen LogP contribution in [0.1, 0.15) is 12.8 Å². The highest BCUT2D eigenvalue weighted by Gasteiger charge is 2.35. The lowest BCUT2D eigenvalue weighted by Gasteiger charge is -2.28. The predicted octanol–water partition coefficient (Wildman–Crippen LogP) is 2.06. The van der Waals surface area contributed by atoms with Crippen molar-refractivity contribution in [2.75, 3.05) is 26.8 Å². The average molecular weight is 418 g/mol. The van der Waals surface area contributed by atoms with E-state index >= 15 is 0 Å². The molecule has 1 aliphatic rings. The van der Waals surface area contributed by atoms with Crippen molar-refractivity contribution in [1.29, 1.82) is 0 Å². The highest BCUT2D eigenvalue weighted by molar-refractivity contribution is 9.10. The van der Waals surface area contributed by atoms with Crippen molar-refractivity contribution < 1.29 is 17.5 Å². The van der Waals surface area contributed by atoms with Crippen LogP contribution in [0.25, 0.3) is 0 Å². The summed E-state index contributed by atoms with van der Waals surface area (Å²) < 4.78 is 46.2. The Morgan fingerprint density at radius 1 is 1.50 bits per heavy atom. The molecule has 1 atom stereocenters. The lowest BCUT2D eigenvalue weighted by atomic mass is 9.99. The molecule has 1 aromatic carbocycles. The minimum Gasteiger partial charge on any atom is -0.383 e. The minimum absolute atomic E-state index is 0. The van der Waals surface area contributed by atoms with E-state index in [9.17, 15) is 12.8 Å². The maximum atomic E-state index is 13.9. The van der Waals surface area contributed by atoms with Gasteiger partial charge in [-0.25, -0.2) is 17.5 Å². The Labute approximate surface area is 144 Å². The molecule has 0 spiro atoms. The predicted molar refractivity (Wildman–Crippen MR) is 88.4 cm³/mol. The van der Waals surface area contributed by atoms with E-state index in [4.69, 9.17) is 4.74 Å². The first-order valence-corrected chi connectivity index (χ1v) is 8.85. The van der Waals surface area contributed by atoms with Crippen LogP contribution in [0.5, 0.6) is 0 Å². The number of benzene rings is 1. The molecule has 0 amide bonds. The summed E-state index contributed by atoms with van der Waals surface area (Å²) >= 11 is 2.99. The summed E-state index contributed by atoms with van der Waals surface area (Å²) in [6.07, 6.45) is 1.76. The lowest BCUT2D eigenvalue weighted by Crippen LogP contribution is -2.52. The number of hydrogen-bond donors (Lipinski definition) is 2. The fourth-order valence-corrected chi connectivity index (χ4v) is 4.20. The second kappa shape index (κ2) is 8.03. The highest BCUT2D eigenvalue weighted by Crippen LogP contribution is 2.24. The molecule has 1 heterocycles. The molecule has 0 aromatic heterocycles. The molecule has 2 N–H and O–H groups in total. The number of rotatable bonds is 6. The van der Waals surface area contributed by atoms with E-state index < -0.39 is 21.4 Å². The summed E-state index contributed by atoms with van der Waals surface area (Å²) in [5, 5.41) is 3.27. The van der Waals surface area contributed by atoms with Gasteiger partial charge < -0.3 is 10.1 Å². The summed E-state index contributed by atoms with van der Waals surface area (Å²) in [5.41, 5.74) is -0.426. The van der Waals surface area contributed by atoms with Crippen molar-refractivity contribution in [3.05, 3.63) is 28.5 Å². The minimum atomic E-state index is -3.91. The number of ether oxygens (including phenoxy) is 1. The first kappa shape index (κ1) is 19.8. The average Bonchev–Trinajstić information content (AvgIpc) is 2.89. The molecule has 0 saturated carbocycles. The molecule has 5 nitrogen and oxygen atoms in total. The standard InChI is InChI=1S/C13H18BrFN2O3S.ClH/c1-20-9-13(6-3-7-16-13)8-17-21(18,19)11-5-2-4-10(14)12(11)15;/h2,4-5,16-17H,3,6-9H2,1H3;1H. The Kier molecular flexibility index (Phi) is 7.22. The van der Waals surface area contributed by atoms with Gasteiger partial charge in [0.25, 0.3) is 0 Å². The molecule has 0 radical (unpaired) electrons. The maximum Gasteiger partial charge on any atom is 0.243 e. The van der Waals surface area contributed by atoms with Crippen LogP contribution < -0.4 is 10.0 Å². The van der Waals surface area contributed by atoms with Gasteiger partial charge in [-0.15, -0.1) is 12.4 Å². The summed E-state index contributed by atoms with van der Waals surface area (Å²) in [7, 11) is -2.33. The third-order valence-corrected chi connectivity index (χ3v) is 5.59. The number of halogens is 3. The van der Waals surface area contributed by atoms with Crippen LogP contribution in [-0.2, 0) is 14.8 Å². The van der Waals surface area contributed by atoms with Gasteiger partial charge in [0.15, 0.2) is 5.82 Å². The summed E-state index contributed by atoms with van der Waals surface area (Å²) in [5.74, 6) is -0.787. The SMILES string of the molecule is COCC1(CNS(=O)(=O)c2cccc(Br)c2F)CCCN1.Cl. The molecule has 1 aliphatic heterocycles. The molecular formula is C13H19BrClFN2O3S. The van der Waals surface area contributed by atoms with Gasteiger partial charge in [-0.2, -0.15) is 0 Å². The van der Waals surface area contributed by atoms with Crippen LogP contribution >= 0.6 is 28.3 Å². The molecule has 1 saturated heterocycles. The van der Waals surface area contributed by atoms with Crippen molar-refractivity contribution in [2.45, 2.75) is 23.3 Å². The van der Waals surface area contributed by atoms with E-state index in [1.54, 1.807) is 7.11 Å². The molecule has 9 heteroatoms. The third-order valence-electron chi connectivity index (χ3n) is 3.56. The summed E-state index contributed by atoms with van der Waals surface area (Å²) in [6, 6.07) is 4.19. The van der Waals surface area contributed by atoms with E-state index in [1.165, 1.54) is 18.2 Å². The molecular weight excluding hydrogens is 399 g/mol. The van der Waals surface area contributed by atoms with Crippen molar-refractivity contribution in [3.63, 3.8) is 0 Å². The van der Waals surface area contributed by atoms with Gasteiger partial charge in [0.2, 0.25) is 10.0 Å². The smallest absolute Gasteiger partial charge is 0.243 e. The van der Waals surface area contributed by atoms with Gasteiger partial charge in [0.1, 0.15) is 4.90 Å². The van der Waals surface area contributed by atoms with Crippen LogP contribution in [0.2, 0.25) is 0 Å². The van der Waals surface area contributed by atoms with Crippen LogP contribution in [-0.4, -0.2) is 40.8 Å². The topological polar surface area (TPSA) is 67.4 Å². The highest BCUT2D eigenvalue weighted by atomic mass is 79.9. The first-order chi connectivity index (χ1) is 9.90. The van der Waals surface area contributed by atoms with Gasteiger partial charge >= 0.3 is 0 Å². The van der Waals surface area contributed by atoms with Crippen molar-refractivity contribution in [3.8, 4) is 0 Å². The summed E-state index contributed by atoms with van der Waals surface area (Å²) in [4.78, 5) is -0.359. The first-order valence-electron chi connectivity index (χ1n) is 6.58. The molecule has 2 rings (SSSR count). The zero-order chi connectivity index (χ0) is 15.5. The van der Waals surface area contributed by atoms with Crippen molar-refractivity contribution in [1.82, 2.24) is 10.0 Å². The largest absolute Gasteiger partial charge is 0.383 e. The number of nitrogens with one attached hydrogen (secondary N) is 2. The van der Waals surface area contributed by atoms with E-state index in [-0.39, 0.29) is 28.3 Å². The van der Waals surface area contributed by atoms with Gasteiger partial charge in [-0.1, -0.05) is 6.07 Å². The Morgan fingerprint density at radius 2 is 2.23 bits per heavy atom. The zero-order valence-corrected chi connectivity index (χ0v) is 15.3. The van der Waals surface area contributed by atoms with Crippen molar-refractivity contribution >= 4 is 38.4 Å². The van der Waals surface area contributed by atoms with Gasteiger partial charge in [0, 0.05) is 13.7 Å². The monoisotopic (exact) mass is 416 g/mol. The van der Waals surface area contributed by atoms with Crippen LogP contribution in [0.3, 0.4) is 0 Å². The quantitative estimate of drug-likeness (QED) is 0.743. The summed E-state index contributed by atoms with van der Waals surface area (Å²) in [6.45, 7) is 1.38. The van der Waals surface area contributed by atoms with E-state index in [2.05, 4.69) is 26.0 Å². The van der Waals surface area contributed by atoms with Gasteiger partial charge in [-0.05, 0) is 47.4 Å². The Morgan fingerprint density at radius 3 is 2.82 bits per heavy atom. The molecule has 1 unspecified atom stereocenters. The number of methoxy groups -OCH3 is 1. The Balaban J connectivity index is 0.00000242. The number of sulfonamides is 1. The molecule has 0 bridgehead atoms. The number of hydrogen-bond acceptors (Lipinski definition) is 4. The molecule has 22 heavy (non-hydrogen) atoms. The second-order valence-corrected chi connectivity index (χ2v) is 7.71. The lowest BCUT2D eigenvalue weighted by molar-refractivity contribution is 0.122. The van der Waals surface area contributed by atoms with Gasteiger partial charge in [0.05, 0.1) is 16.6 Å². The Hall–Kier alpha value is -0.250. The van der Waals surface area contributed by atoms with Crippen LogP contribution in [0.4, 0.5) is 4.39 Å². The molecule has 126 valence electrons. The Bertz CT molecular complexity index is 609. The normalized spacial score (nSPS) is 21.6. The fraction of sp³-hybridized carbons (Fsp3) is 0.538. The van der Waals surface area contributed by atoms with E-state index in [1.807, 2.05) is 0 Å². The molecule has 0 aliphatic carbocycles. The second-order valence-electron chi connectivity index (χ2n) is 5.12. The fourth-order valence-electron chi connectivity index (χ4n) is 2.47. The maximum absolute atomic E-state index is 13.9. The third kappa shape index (κ3) is 4.39. The van der Waals surface area contributed by atoms with Crippen molar-refractivity contribution in [2.24, 2.45) is 0 Å². The van der Waals surface area contributed by atoms with E-state index in [0.29, 0.717) is 6.61 Å². The zero-order valence-electron chi connectivity index (χ0n) is 12.1. The molecule has 1 aromatic rings.